The van der Waals surface area contributed by atoms with E-state index in [1.54, 1.807) is 0 Å². The molecule has 1 aliphatic heterocycles. The molecule has 5 N–H and O–H groups in total. The lowest BCUT2D eigenvalue weighted by molar-refractivity contribution is -0.165. The average molecular weight is 339 g/mol. The fraction of sp³-hybridized carbons (Fsp3) is 0.538. The molecule has 1 saturated heterocycles. The standard InChI is InChI=1S/C13H14FN5O5/c1-11(22)9(24-12(3-14)8(21)13(11,12)23)19-4-16-6-5(2-20)17-10(15)18-7(6)19/h2,4,8-9,21-23H,3H2,1H3,(H2,15,17,18)/t8?,9-,11+,12-,13+/m1/s1. The van der Waals surface area contributed by atoms with Gasteiger partial charge in [0.25, 0.3) is 0 Å². The Morgan fingerprint density at radius 2 is 2.21 bits per heavy atom. The van der Waals surface area contributed by atoms with Crippen molar-refractivity contribution in [2.75, 3.05) is 12.4 Å². The molecule has 2 aromatic rings. The second kappa shape index (κ2) is 4.25. The summed E-state index contributed by atoms with van der Waals surface area (Å²) in [5.74, 6) is -0.201. The molecule has 10 nitrogen and oxygen atoms in total. The number of hydrogen-bond acceptors (Lipinski definition) is 9. The number of alkyl halides is 1. The molecule has 0 spiro atoms. The minimum atomic E-state index is -2.18. The number of carbonyl (C=O) groups excluding carboxylic acids is 1. The van der Waals surface area contributed by atoms with Crippen LogP contribution in [-0.4, -0.2) is 70.7 Å². The van der Waals surface area contributed by atoms with E-state index in [1.807, 2.05) is 0 Å². The molecule has 3 heterocycles. The second-order valence-electron chi connectivity index (χ2n) is 6.22. The van der Waals surface area contributed by atoms with E-state index in [-0.39, 0.29) is 22.8 Å². The van der Waals surface area contributed by atoms with E-state index in [9.17, 15) is 24.5 Å². The van der Waals surface area contributed by atoms with Crippen LogP contribution in [0.4, 0.5) is 10.3 Å². The Balaban J connectivity index is 1.88. The summed E-state index contributed by atoms with van der Waals surface area (Å²) in [6.45, 7) is 0.0168. The molecule has 4 rings (SSSR count). The Morgan fingerprint density at radius 3 is 2.79 bits per heavy atom. The molecule has 1 saturated carbocycles. The van der Waals surface area contributed by atoms with Gasteiger partial charge in [-0.25, -0.2) is 14.4 Å². The molecular weight excluding hydrogens is 325 g/mol. The van der Waals surface area contributed by atoms with Crippen LogP contribution in [0, 0.1) is 0 Å². The van der Waals surface area contributed by atoms with Crippen LogP contribution in [-0.2, 0) is 4.74 Å². The van der Waals surface area contributed by atoms with Gasteiger partial charge < -0.3 is 25.8 Å². The third kappa shape index (κ3) is 1.39. The zero-order valence-corrected chi connectivity index (χ0v) is 12.4. The number of hydrogen-bond donors (Lipinski definition) is 4. The number of nitrogens with zero attached hydrogens (tertiary/aromatic N) is 4. The number of imidazole rings is 1. The lowest BCUT2D eigenvalue weighted by Crippen LogP contribution is -2.48. The molecule has 0 radical (unpaired) electrons. The summed E-state index contributed by atoms with van der Waals surface area (Å²) in [7, 11) is 0. The van der Waals surface area contributed by atoms with Crippen molar-refractivity contribution in [1.82, 2.24) is 19.5 Å². The minimum absolute atomic E-state index is 0.0574. The largest absolute Gasteiger partial charge is 0.387 e. The first-order valence-electron chi connectivity index (χ1n) is 7.06. The third-order valence-electron chi connectivity index (χ3n) is 5.00. The number of nitrogens with two attached hydrogens (primary N) is 1. The van der Waals surface area contributed by atoms with Gasteiger partial charge in [0.05, 0.1) is 6.33 Å². The molecule has 24 heavy (non-hydrogen) atoms. The quantitative estimate of drug-likeness (QED) is 0.479. The van der Waals surface area contributed by atoms with Gasteiger partial charge in [-0.1, -0.05) is 0 Å². The molecule has 5 atom stereocenters. The van der Waals surface area contributed by atoms with Crippen molar-refractivity contribution in [2.45, 2.75) is 36.1 Å². The fourth-order valence-electron chi connectivity index (χ4n) is 3.58. The van der Waals surface area contributed by atoms with E-state index in [4.69, 9.17) is 10.5 Å². The van der Waals surface area contributed by atoms with Gasteiger partial charge in [0.15, 0.2) is 29.4 Å². The van der Waals surface area contributed by atoms with Crippen LogP contribution in [0.15, 0.2) is 6.33 Å². The molecule has 0 amide bonds. The highest BCUT2D eigenvalue weighted by Crippen LogP contribution is 2.67. The predicted octanol–water partition coefficient (Wildman–Crippen LogP) is -1.69. The number of halogens is 1. The number of fused-ring (bicyclic) bond motifs is 2. The van der Waals surface area contributed by atoms with Gasteiger partial charge in [0.2, 0.25) is 5.95 Å². The van der Waals surface area contributed by atoms with Crippen molar-refractivity contribution in [3.05, 3.63) is 12.0 Å². The summed E-state index contributed by atoms with van der Waals surface area (Å²) in [6.07, 6.45) is -1.22. The molecule has 2 fully saturated rings. The number of aliphatic hydroxyl groups excluding tert-OH is 1. The number of ether oxygens (including phenoxy) is 1. The number of aliphatic hydroxyl groups is 3. The van der Waals surface area contributed by atoms with Crippen LogP contribution in [0.25, 0.3) is 11.2 Å². The number of carbonyl (C=O) groups is 1. The number of rotatable bonds is 3. The van der Waals surface area contributed by atoms with Crippen LogP contribution in [0.5, 0.6) is 0 Å². The topological polar surface area (TPSA) is 157 Å². The first kappa shape index (κ1) is 15.3. The summed E-state index contributed by atoms with van der Waals surface area (Å²) >= 11 is 0. The molecule has 2 aliphatic rings. The molecule has 2 aromatic heterocycles. The van der Waals surface area contributed by atoms with Crippen LogP contribution >= 0.6 is 0 Å². The zero-order valence-electron chi connectivity index (χ0n) is 12.4. The summed E-state index contributed by atoms with van der Waals surface area (Å²) < 4.78 is 20.1. The molecule has 1 aliphatic carbocycles. The highest BCUT2D eigenvalue weighted by atomic mass is 19.1. The van der Waals surface area contributed by atoms with Crippen molar-refractivity contribution in [1.29, 1.82) is 0 Å². The highest BCUT2D eigenvalue weighted by Gasteiger charge is 2.91. The SMILES string of the molecule is C[C@]1(O)[C@H](n2cnc3c(C=O)nc(N)nc32)O[C@]2(CF)C(O)[C@]12O. The monoisotopic (exact) mass is 339 g/mol. The maximum Gasteiger partial charge on any atom is 0.222 e. The summed E-state index contributed by atoms with van der Waals surface area (Å²) in [5, 5.41) is 31.1. The molecule has 0 bridgehead atoms. The number of nitrogen functional groups attached to an aromatic ring is 1. The van der Waals surface area contributed by atoms with Crippen LogP contribution in [0.3, 0.4) is 0 Å². The van der Waals surface area contributed by atoms with E-state index in [0.717, 1.165) is 0 Å². The van der Waals surface area contributed by atoms with E-state index in [0.29, 0.717) is 6.29 Å². The summed E-state index contributed by atoms with van der Waals surface area (Å²) in [5.41, 5.74) is -0.471. The predicted molar refractivity (Wildman–Crippen MR) is 75.5 cm³/mol. The maximum absolute atomic E-state index is 13.4. The summed E-state index contributed by atoms with van der Waals surface area (Å²) in [6, 6.07) is 0. The second-order valence-corrected chi connectivity index (χ2v) is 6.22. The number of aldehydes is 1. The maximum atomic E-state index is 13.4. The smallest absolute Gasteiger partial charge is 0.222 e. The first-order chi connectivity index (χ1) is 11.2. The summed E-state index contributed by atoms with van der Waals surface area (Å²) in [4.78, 5) is 22.8. The Bertz CT molecular complexity index is 872. The highest BCUT2D eigenvalue weighted by molar-refractivity contribution is 5.91. The van der Waals surface area contributed by atoms with Crippen LogP contribution in [0.2, 0.25) is 0 Å². The number of aromatic nitrogens is 4. The van der Waals surface area contributed by atoms with E-state index in [2.05, 4.69) is 15.0 Å². The lowest BCUT2D eigenvalue weighted by atomic mass is 9.94. The Morgan fingerprint density at radius 1 is 1.50 bits per heavy atom. The van der Waals surface area contributed by atoms with E-state index < -0.39 is 35.8 Å². The Labute approximate surface area is 133 Å². The van der Waals surface area contributed by atoms with E-state index in [1.165, 1.54) is 17.8 Å². The Hall–Kier alpha value is -2.21. The lowest BCUT2D eigenvalue weighted by Gasteiger charge is -2.32. The zero-order chi connectivity index (χ0) is 17.5. The van der Waals surface area contributed by atoms with Crippen LogP contribution in [0.1, 0.15) is 23.6 Å². The van der Waals surface area contributed by atoms with Crippen LogP contribution < -0.4 is 5.73 Å². The molecule has 11 heteroatoms. The van der Waals surface area contributed by atoms with E-state index >= 15 is 0 Å². The van der Waals surface area contributed by atoms with Crippen molar-refractivity contribution >= 4 is 23.4 Å². The van der Waals surface area contributed by atoms with Gasteiger partial charge in [-0.05, 0) is 6.92 Å². The van der Waals surface area contributed by atoms with Gasteiger partial charge in [0.1, 0.15) is 29.6 Å². The molecule has 128 valence electrons. The van der Waals surface area contributed by atoms with Crippen molar-refractivity contribution in [3.63, 3.8) is 0 Å². The average Bonchev–Trinajstić information content (AvgIpc) is 2.83. The third-order valence-corrected chi connectivity index (χ3v) is 5.00. The first-order valence-corrected chi connectivity index (χ1v) is 7.06. The van der Waals surface area contributed by atoms with Gasteiger partial charge in [0, 0.05) is 0 Å². The fourth-order valence-corrected chi connectivity index (χ4v) is 3.58. The molecule has 0 aromatic carbocycles. The molecule has 1 unspecified atom stereocenters. The van der Waals surface area contributed by atoms with Gasteiger partial charge in [-0.15, -0.1) is 0 Å². The number of anilines is 1. The van der Waals surface area contributed by atoms with Gasteiger partial charge in [-0.2, -0.15) is 4.98 Å². The van der Waals surface area contributed by atoms with Crippen molar-refractivity contribution in [3.8, 4) is 0 Å². The van der Waals surface area contributed by atoms with Crippen molar-refractivity contribution < 1.29 is 29.2 Å². The van der Waals surface area contributed by atoms with Crippen molar-refractivity contribution in [2.24, 2.45) is 0 Å². The molecular formula is C13H14FN5O5. The minimum Gasteiger partial charge on any atom is -0.387 e. The van der Waals surface area contributed by atoms with Gasteiger partial charge >= 0.3 is 0 Å². The Kier molecular flexibility index (Phi) is 2.71. The van der Waals surface area contributed by atoms with Gasteiger partial charge in [-0.3, -0.25) is 9.36 Å². The normalized spacial score (nSPS) is 40.7.